The van der Waals surface area contributed by atoms with Gasteiger partial charge in [0.2, 0.25) is 24.1 Å². The predicted molar refractivity (Wildman–Crippen MR) is 133 cm³/mol. The summed E-state index contributed by atoms with van der Waals surface area (Å²) in [6.45, 7) is 6.96. The van der Waals surface area contributed by atoms with Crippen molar-refractivity contribution in [1.82, 2.24) is 20.0 Å². The van der Waals surface area contributed by atoms with Crippen molar-refractivity contribution in [2.24, 2.45) is 0 Å². The molecule has 4 unspecified atom stereocenters. The van der Waals surface area contributed by atoms with Crippen LogP contribution in [0.5, 0.6) is 0 Å². The standard InChI is InChI=1S/C26H42N4O6/c1-18(2)27-24(33)20-10-6-8-14-30(20)25(34)21-12-9-15-29(21)23(32)16-19(3)36-26(35)22-11-5-4-7-13-28(22)17-31/h17-22H,4-16H2,1-3H3,(H,27,33). The normalized spacial score (nSPS) is 25.8. The van der Waals surface area contributed by atoms with Crippen LogP contribution in [0.2, 0.25) is 0 Å². The fourth-order valence-electron chi connectivity index (χ4n) is 5.55. The van der Waals surface area contributed by atoms with Gasteiger partial charge in [-0.15, -0.1) is 0 Å². The first-order chi connectivity index (χ1) is 17.2. The van der Waals surface area contributed by atoms with Crippen LogP contribution in [0.25, 0.3) is 0 Å². The molecule has 0 saturated carbocycles. The van der Waals surface area contributed by atoms with Crippen LogP contribution in [-0.4, -0.2) is 94.7 Å². The second kappa shape index (κ2) is 13.1. The molecule has 3 heterocycles. The third-order valence-electron chi connectivity index (χ3n) is 7.36. The largest absolute Gasteiger partial charge is 0.461 e. The van der Waals surface area contributed by atoms with Crippen LogP contribution in [0, 0.1) is 0 Å². The molecule has 3 rings (SSSR count). The molecule has 10 heteroatoms. The summed E-state index contributed by atoms with van der Waals surface area (Å²) in [6.07, 6.45) is 6.85. The van der Waals surface area contributed by atoms with E-state index < -0.39 is 30.2 Å². The lowest BCUT2D eigenvalue weighted by atomic mass is 9.99. The lowest BCUT2D eigenvalue weighted by Crippen LogP contribution is -2.57. The summed E-state index contributed by atoms with van der Waals surface area (Å²) in [5.41, 5.74) is 0. The average molecular weight is 507 g/mol. The first kappa shape index (κ1) is 27.9. The molecule has 10 nitrogen and oxygen atoms in total. The maximum atomic E-state index is 13.5. The van der Waals surface area contributed by atoms with Crippen molar-refractivity contribution in [2.75, 3.05) is 19.6 Å². The zero-order chi connectivity index (χ0) is 26.2. The fraction of sp³-hybridized carbons (Fsp3) is 0.808. The summed E-state index contributed by atoms with van der Waals surface area (Å²) in [6, 6.07) is -1.73. The molecule has 4 atom stereocenters. The van der Waals surface area contributed by atoms with Crippen LogP contribution < -0.4 is 5.32 Å². The molecule has 3 saturated heterocycles. The minimum absolute atomic E-state index is 0.0123. The lowest BCUT2D eigenvalue weighted by molar-refractivity contribution is -0.159. The minimum Gasteiger partial charge on any atom is -0.461 e. The summed E-state index contributed by atoms with van der Waals surface area (Å²) in [5, 5.41) is 2.92. The van der Waals surface area contributed by atoms with Crippen LogP contribution in [0.15, 0.2) is 0 Å². The van der Waals surface area contributed by atoms with E-state index in [4.69, 9.17) is 4.74 Å². The summed E-state index contributed by atoms with van der Waals surface area (Å²) >= 11 is 0. The molecule has 4 amide bonds. The molecule has 3 aliphatic rings. The Morgan fingerprint density at radius 1 is 0.833 bits per heavy atom. The molecule has 3 fully saturated rings. The molecule has 0 bridgehead atoms. The van der Waals surface area contributed by atoms with Crippen molar-refractivity contribution < 1.29 is 28.7 Å². The van der Waals surface area contributed by atoms with E-state index in [-0.39, 0.29) is 30.2 Å². The van der Waals surface area contributed by atoms with Crippen molar-refractivity contribution in [2.45, 2.75) is 115 Å². The van der Waals surface area contributed by atoms with Gasteiger partial charge in [-0.05, 0) is 65.7 Å². The van der Waals surface area contributed by atoms with E-state index in [0.29, 0.717) is 51.7 Å². The summed E-state index contributed by atoms with van der Waals surface area (Å²) < 4.78 is 5.57. The van der Waals surface area contributed by atoms with Crippen LogP contribution in [0.1, 0.15) is 85.0 Å². The number of nitrogens with one attached hydrogen (secondary N) is 1. The van der Waals surface area contributed by atoms with Gasteiger partial charge < -0.3 is 24.8 Å². The number of carbonyl (C=O) groups excluding carboxylic acids is 5. The van der Waals surface area contributed by atoms with Crippen molar-refractivity contribution in [3.63, 3.8) is 0 Å². The SMILES string of the molecule is CC(C)NC(=O)C1CCCCN1C(=O)C1CCCN1C(=O)CC(C)OC(=O)C1CCCCCN1C=O. The Hall–Kier alpha value is -2.65. The first-order valence-electron chi connectivity index (χ1n) is 13.5. The smallest absolute Gasteiger partial charge is 0.329 e. The fourth-order valence-corrected chi connectivity index (χ4v) is 5.55. The molecule has 202 valence electrons. The zero-order valence-corrected chi connectivity index (χ0v) is 21.9. The van der Waals surface area contributed by atoms with E-state index in [1.165, 1.54) is 4.90 Å². The molecule has 0 aliphatic carbocycles. The van der Waals surface area contributed by atoms with Gasteiger partial charge in [0.15, 0.2) is 0 Å². The van der Waals surface area contributed by atoms with E-state index >= 15 is 0 Å². The number of nitrogens with zero attached hydrogens (tertiary/aromatic N) is 3. The molecular formula is C26H42N4O6. The molecule has 3 aliphatic heterocycles. The maximum absolute atomic E-state index is 13.5. The number of likely N-dealkylation sites (tertiary alicyclic amines) is 3. The number of amides is 4. The maximum Gasteiger partial charge on any atom is 0.329 e. The van der Waals surface area contributed by atoms with Gasteiger partial charge >= 0.3 is 5.97 Å². The van der Waals surface area contributed by atoms with Crippen LogP contribution in [-0.2, 0) is 28.7 Å². The van der Waals surface area contributed by atoms with E-state index in [2.05, 4.69) is 5.32 Å². The highest BCUT2D eigenvalue weighted by Crippen LogP contribution is 2.26. The second-order valence-corrected chi connectivity index (χ2v) is 10.6. The Morgan fingerprint density at radius 3 is 2.19 bits per heavy atom. The highest BCUT2D eigenvalue weighted by molar-refractivity contribution is 5.93. The number of carbonyl (C=O) groups is 5. The van der Waals surface area contributed by atoms with E-state index in [9.17, 15) is 24.0 Å². The van der Waals surface area contributed by atoms with Gasteiger partial charge in [-0.3, -0.25) is 19.2 Å². The Balaban J connectivity index is 1.59. The Morgan fingerprint density at radius 2 is 1.47 bits per heavy atom. The summed E-state index contributed by atoms with van der Waals surface area (Å²) in [5.74, 6) is -1.03. The van der Waals surface area contributed by atoms with Crippen LogP contribution >= 0.6 is 0 Å². The second-order valence-electron chi connectivity index (χ2n) is 10.6. The highest BCUT2D eigenvalue weighted by Gasteiger charge is 2.41. The number of hydrogen-bond acceptors (Lipinski definition) is 6. The third-order valence-corrected chi connectivity index (χ3v) is 7.36. The Kier molecular flexibility index (Phi) is 10.1. The van der Waals surface area contributed by atoms with Gasteiger partial charge in [0.05, 0.1) is 6.42 Å². The molecule has 0 radical (unpaired) electrons. The summed E-state index contributed by atoms with van der Waals surface area (Å²) in [4.78, 5) is 68.3. The number of ether oxygens (including phenoxy) is 1. The van der Waals surface area contributed by atoms with Crippen molar-refractivity contribution in [3.8, 4) is 0 Å². The van der Waals surface area contributed by atoms with Crippen LogP contribution in [0.3, 0.4) is 0 Å². The topological polar surface area (TPSA) is 116 Å². The van der Waals surface area contributed by atoms with Gasteiger partial charge in [0.1, 0.15) is 24.2 Å². The monoisotopic (exact) mass is 506 g/mol. The van der Waals surface area contributed by atoms with E-state index in [0.717, 1.165) is 32.1 Å². The highest BCUT2D eigenvalue weighted by atomic mass is 16.5. The van der Waals surface area contributed by atoms with Crippen molar-refractivity contribution in [3.05, 3.63) is 0 Å². The number of esters is 1. The van der Waals surface area contributed by atoms with Crippen molar-refractivity contribution >= 4 is 30.1 Å². The van der Waals surface area contributed by atoms with Gasteiger partial charge in [0.25, 0.3) is 0 Å². The predicted octanol–water partition coefficient (Wildman–Crippen LogP) is 1.61. The lowest BCUT2D eigenvalue weighted by Gasteiger charge is -2.38. The Labute approximate surface area is 214 Å². The molecular weight excluding hydrogens is 464 g/mol. The minimum atomic E-state index is -0.669. The number of hydrogen-bond donors (Lipinski definition) is 1. The quantitative estimate of drug-likeness (QED) is 0.395. The number of piperidine rings is 1. The molecule has 1 N–H and O–H groups in total. The zero-order valence-electron chi connectivity index (χ0n) is 21.9. The molecule has 0 aromatic carbocycles. The van der Waals surface area contributed by atoms with Crippen LogP contribution in [0.4, 0.5) is 0 Å². The number of rotatable bonds is 8. The third kappa shape index (κ3) is 6.97. The average Bonchev–Trinajstić information content (AvgIpc) is 3.21. The molecule has 36 heavy (non-hydrogen) atoms. The van der Waals surface area contributed by atoms with Gasteiger partial charge in [-0.2, -0.15) is 0 Å². The summed E-state index contributed by atoms with van der Waals surface area (Å²) in [7, 11) is 0. The molecule has 0 aromatic rings. The van der Waals surface area contributed by atoms with E-state index in [1.54, 1.807) is 16.7 Å². The van der Waals surface area contributed by atoms with Gasteiger partial charge in [0, 0.05) is 25.7 Å². The van der Waals surface area contributed by atoms with Crippen molar-refractivity contribution in [1.29, 1.82) is 0 Å². The molecule has 0 aromatic heterocycles. The first-order valence-corrected chi connectivity index (χ1v) is 13.5. The Bertz CT molecular complexity index is 818. The van der Waals surface area contributed by atoms with E-state index in [1.807, 2.05) is 13.8 Å². The van der Waals surface area contributed by atoms with Gasteiger partial charge in [-0.25, -0.2) is 4.79 Å². The van der Waals surface area contributed by atoms with Gasteiger partial charge in [-0.1, -0.05) is 12.8 Å². The molecule has 0 spiro atoms.